The summed E-state index contributed by atoms with van der Waals surface area (Å²) in [5, 5.41) is 2.57. The molecule has 0 bridgehead atoms. The lowest BCUT2D eigenvalue weighted by molar-refractivity contribution is 0.0685. The summed E-state index contributed by atoms with van der Waals surface area (Å²) in [5.41, 5.74) is 0.525. The molecule has 4 nitrogen and oxygen atoms in total. The fourth-order valence-electron chi connectivity index (χ4n) is 2.19. The lowest BCUT2D eigenvalue weighted by Crippen LogP contribution is -2.38. The maximum Gasteiger partial charge on any atom is 0.273 e. The predicted molar refractivity (Wildman–Crippen MR) is 74.1 cm³/mol. The van der Waals surface area contributed by atoms with Crippen molar-refractivity contribution < 1.29 is 9.21 Å². The minimum atomic E-state index is 0.0338. The molecule has 0 radical (unpaired) electrons. The summed E-state index contributed by atoms with van der Waals surface area (Å²) >= 11 is 1.44. The standard InChI is InChI=1S/C14H16N2O2S/c1-9(2)16(10-5-6-10)14(17)11-8-19-13(15-11)12-4-3-7-18-12/h3-4,7-10H,5-6H2,1-2H3. The first kappa shape index (κ1) is 12.4. The van der Waals surface area contributed by atoms with Crippen LogP contribution < -0.4 is 0 Å². The van der Waals surface area contributed by atoms with Gasteiger partial charge in [0.15, 0.2) is 10.8 Å². The van der Waals surface area contributed by atoms with E-state index in [0.29, 0.717) is 17.5 Å². The number of hydrogen-bond donors (Lipinski definition) is 0. The summed E-state index contributed by atoms with van der Waals surface area (Å²) in [5.74, 6) is 0.748. The Balaban J connectivity index is 1.84. The number of rotatable bonds is 4. The van der Waals surface area contributed by atoms with Gasteiger partial charge in [-0.15, -0.1) is 11.3 Å². The number of thiazole rings is 1. The van der Waals surface area contributed by atoms with Crippen LogP contribution in [0.3, 0.4) is 0 Å². The van der Waals surface area contributed by atoms with E-state index in [1.54, 1.807) is 6.26 Å². The van der Waals surface area contributed by atoms with Crippen molar-refractivity contribution in [2.24, 2.45) is 0 Å². The zero-order valence-electron chi connectivity index (χ0n) is 11.0. The van der Waals surface area contributed by atoms with Gasteiger partial charge in [-0.05, 0) is 38.8 Å². The molecule has 0 aliphatic heterocycles. The molecule has 0 aromatic carbocycles. The quantitative estimate of drug-likeness (QED) is 0.859. The molecular formula is C14H16N2O2S. The summed E-state index contributed by atoms with van der Waals surface area (Å²) in [4.78, 5) is 18.8. The monoisotopic (exact) mass is 276 g/mol. The predicted octanol–water partition coefficient (Wildman–Crippen LogP) is 3.42. The number of nitrogens with zero attached hydrogens (tertiary/aromatic N) is 2. The Morgan fingerprint density at radius 1 is 1.53 bits per heavy atom. The van der Waals surface area contributed by atoms with Crippen molar-refractivity contribution in [1.82, 2.24) is 9.88 Å². The number of carbonyl (C=O) groups excluding carboxylic acids is 1. The van der Waals surface area contributed by atoms with Crippen LogP contribution in [0, 0.1) is 0 Å². The number of carbonyl (C=O) groups is 1. The molecule has 1 aliphatic carbocycles. The van der Waals surface area contributed by atoms with E-state index < -0.39 is 0 Å². The van der Waals surface area contributed by atoms with E-state index in [1.165, 1.54) is 11.3 Å². The summed E-state index contributed by atoms with van der Waals surface area (Å²) in [7, 11) is 0. The lowest BCUT2D eigenvalue weighted by atomic mass is 10.2. The van der Waals surface area contributed by atoms with E-state index in [-0.39, 0.29) is 11.9 Å². The number of furan rings is 1. The van der Waals surface area contributed by atoms with Gasteiger partial charge in [0.2, 0.25) is 0 Å². The van der Waals surface area contributed by atoms with Gasteiger partial charge in [0.1, 0.15) is 5.69 Å². The van der Waals surface area contributed by atoms with Gasteiger partial charge in [-0.1, -0.05) is 0 Å². The van der Waals surface area contributed by atoms with Gasteiger partial charge in [0.05, 0.1) is 6.26 Å². The molecule has 5 heteroatoms. The first-order valence-electron chi connectivity index (χ1n) is 6.49. The average Bonchev–Trinajstić information content (AvgIpc) is 2.92. The molecule has 100 valence electrons. The molecule has 0 spiro atoms. The molecule has 19 heavy (non-hydrogen) atoms. The topological polar surface area (TPSA) is 46.3 Å². The highest BCUT2D eigenvalue weighted by Crippen LogP contribution is 2.31. The molecule has 2 aromatic heterocycles. The van der Waals surface area contributed by atoms with Gasteiger partial charge < -0.3 is 9.32 Å². The van der Waals surface area contributed by atoms with Gasteiger partial charge in [0.25, 0.3) is 5.91 Å². The normalized spacial score (nSPS) is 14.9. The van der Waals surface area contributed by atoms with Crippen molar-refractivity contribution in [3.8, 4) is 10.8 Å². The summed E-state index contributed by atoms with van der Waals surface area (Å²) in [6.07, 6.45) is 3.83. The third kappa shape index (κ3) is 2.42. The molecule has 1 amide bonds. The van der Waals surface area contributed by atoms with Crippen LogP contribution in [-0.4, -0.2) is 27.9 Å². The van der Waals surface area contributed by atoms with Crippen molar-refractivity contribution in [3.05, 3.63) is 29.5 Å². The molecule has 3 rings (SSSR count). The van der Waals surface area contributed by atoms with E-state index in [9.17, 15) is 4.79 Å². The van der Waals surface area contributed by atoms with E-state index in [0.717, 1.165) is 17.8 Å². The molecule has 1 fully saturated rings. The first-order chi connectivity index (χ1) is 9.16. The van der Waals surface area contributed by atoms with E-state index in [2.05, 4.69) is 18.8 Å². The Bertz CT molecular complexity index is 568. The summed E-state index contributed by atoms with van der Waals surface area (Å²) in [6, 6.07) is 4.30. The van der Waals surface area contributed by atoms with Crippen LogP contribution in [0.4, 0.5) is 0 Å². The molecule has 0 atom stereocenters. The van der Waals surface area contributed by atoms with Gasteiger partial charge in [-0.25, -0.2) is 4.98 Å². The Morgan fingerprint density at radius 3 is 2.89 bits per heavy atom. The highest BCUT2D eigenvalue weighted by atomic mass is 32.1. The Hall–Kier alpha value is -1.62. The fourth-order valence-corrected chi connectivity index (χ4v) is 2.95. The second-order valence-electron chi connectivity index (χ2n) is 5.05. The van der Waals surface area contributed by atoms with Crippen LogP contribution in [-0.2, 0) is 0 Å². The third-order valence-corrected chi connectivity index (χ3v) is 4.04. The van der Waals surface area contributed by atoms with Crippen molar-refractivity contribution in [2.45, 2.75) is 38.8 Å². The van der Waals surface area contributed by atoms with E-state index >= 15 is 0 Å². The zero-order valence-corrected chi connectivity index (χ0v) is 11.8. The third-order valence-electron chi connectivity index (χ3n) is 3.19. The van der Waals surface area contributed by atoms with Crippen molar-refractivity contribution in [2.75, 3.05) is 0 Å². The maximum absolute atomic E-state index is 12.5. The molecule has 2 aromatic rings. The average molecular weight is 276 g/mol. The molecule has 0 N–H and O–H groups in total. The minimum Gasteiger partial charge on any atom is -0.462 e. The van der Waals surface area contributed by atoms with Crippen LogP contribution in [0.1, 0.15) is 37.2 Å². The van der Waals surface area contributed by atoms with Crippen molar-refractivity contribution >= 4 is 17.2 Å². The largest absolute Gasteiger partial charge is 0.462 e. The molecule has 0 saturated heterocycles. The Labute approximate surface area is 116 Å². The van der Waals surface area contributed by atoms with Crippen LogP contribution in [0.25, 0.3) is 10.8 Å². The summed E-state index contributed by atoms with van der Waals surface area (Å²) < 4.78 is 5.30. The van der Waals surface area contributed by atoms with Crippen LogP contribution >= 0.6 is 11.3 Å². The Kier molecular flexibility index (Phi) is 3.14. The molecular weight excluding hydrogens is 260 g/mol. The number of aromatic nitrogens is 1. The highest BCUT2D eigenvalue weighted by Gasteiger charge is 2.35. The minimum absolute atomic E-state index is 0.0338. The van der Waals surface area contributed by atoms with Crippen LogP contribution in [0.5, 0.6) is 0 Å². The summed E-state index contributed by atoms with van der Waals surface area (Å²) in [6.45, 7) is 4.10. The second kappa shape index (κ2) is 4.81. The first-order valence-corrected chi connectivity index (χ1v) is 7.37. The van der Waals surface area contributed by atoms with Crippen LogP contribution in [0.15, 0.2) is 28.2 Å². The van der Waals surface area contributed by atoms with Crippen molar-refractivity contribution in [3.63, 3.8) is 0 Å². The van der Waals surface area contributed by atoms with Gasteiger partial charge >= 0.3 is 0 Å². The van der Waals surface area contributed by atoms with Crippen molar-refractivity contribution in [1.29, 1.82) is 0 Å². The van der Waals surface area contributed by atoms with E-state index in [4.69, 9.17) is 4.42 Å². The molecule has 2 heterocycles. The van der Waals surface area contributed by atoms with Gasteiger partial charge in [0, 0.05) is 17.5 Å². The molecule has 1 aliphatic rings. The highest BCUT2D eigenvalue weighted by molar-refractivity contribution is 7.13. The zero-order chi connectivity index (χ0) is 13.4. The second-order valence-corrected chi connectivity index (χ2v) is 5.91. The number of hydrogen-bond acceptors (Lipinski definition) is 4. The fraction of sp³-hybridized carbons (Fsp3) is 0.429. The lowest BCUT2D eigenvalue weighted by Gasteiger charge is -2.25. The van der Waals surface area contributed by atoms with Crippen LogP contribution in [0.2, 0.25) is 0 Å². The van der Waals surface area contributed by atoms with Gasteiger partial charge in [-0.3, -0.25) is 4.79 Å². The Morgan fingerprint density at radius 2 is 2.32 bits per heavy atom. The number of amides is 1. The smallest absolute Gasteiger partial charge is 0.273 e. The molecule has 0 unspecified atom stereocenters. The molecule has 1 saturated carbocycles. The SMILES string of the molecule is CC(C)N(C(=O)c1csc(-c2ccco2)n1)C1CC1. The maximum atomic E-state index is 12.5. The van der Waals surface area contributed by atoms with E-state index in [1.807, 2.05) is 22.4 Å². The van der Waals surface area contributed by atoms with Gasteiger partial charge in [-0.2, -0.15) is 0 Å².